The van der Waals surface area contributed by atoms with Gasteiger partial charge in [0.25, 0.3) is 0 Å². The molecule has 2 N–H and O–H groups in total. The van der Waals surface area contributed by atoms with Gasteiger partial charge in [-0.15, -0.1) is 0 Å². The van der Waals surface area contributed by atoms with Gasteiger partial charge < -0.3 is 24.5 Å². The first-order valence-corrected chi connectivity index (χ1v) is 9.35. The van der Waals surface area contributed by atoms with Crippen molar-refractivity contribution in [3.05, 3.63) is 66.4 Å². The van der Waals surface area contributed by atoms with E-state index >= 15 is 0 Å². The Labute approximate surface area is 169 Å². The maximum absolute atomic E-state index is 12.2. The predicted molar refractivity (Wildman–Crippen MR) is 109 cm³/mol. The van der Waals surface area contributed by atoms with Crippen molar-refractivity contribution in [2.24, 2.45) is 0 Å². The highest BCUT2D eigenvalue weighted by Crippen LogP contribution is 2.19. The van der Waals surface area contributed by atoms with Crippen LogP contribution in [0.15, 0.2) is 60.8 Å². The summed E-state index contributed by atoms with van der Waals surface area (Å²) < 4.78 is 15.7. The molecule has 2 aromatic carbocycles. The highest BCUT2D eigenvalue weighted by Gasteiger charge is 2.23. The number of benzene rings is 2. The summed E-state index contributed by atoms with van der Waals surface area (Å²) in [5, 5.41) is 3.69. The Morgan fingerprint density at radius 2 is 1.79 bits per heavy atom. The van der Waals surface area contributed by atoms with Crippen LogP contribution >= 0.6 is 0 Å². The fraction of sp³-hybridized carbons (Fsp3) is 0.273. The Morgan fingerprint density at radius 1 is 1.03 bits per heavy atom. The number of aromatic amines is 1. The van der Waals surface area contributed by atoms with Crippen LogP contribution < -0.4 is 10.1 Å². The van der Waals surface area contributed by atoms with Crippen molar-refractivity contribution in [3.8, 4) is 5.75 Å². The molecule has 0 saturated carbocycles. The van der Waals surface area contributed by atoms with Gasteiger partial charge in [-0.1, -0.05) is 36.4 Å². The first kappa shape index (κ1) is 20.4. The van der Waals surface area contributed by atoms with Gasteiger partial charge in [0.05, 0.1) is 13.7 Å². The lowest BCUT2D eigenvalue weighted by molar-refractivity contribution is -0.145. The summed E-state index contributed by atoms with van der Waals surface area (Å²) in [7, 11) is 1.30. The quantitative estimate of drug-likeness (QED) is 0.406. The highest BCUT2D eigenvalue weighted by molar-refractivity contribution is 5.87. The van der Waals surface area contributed by atoms with E-state index in [1.54, 1.807) is 0 Å². The van der Waals surface area contributed by atoms with Crippen LogP contribution in [0.3, 0.4) is 0 Å². The van der Waals surface area contributed by atoms with Crippen LogP contribution in [0.25, 0.3) is 10.9 Å². The summed E-state index contributed by atoms with van der Waals surface area (Å²) in [6.07, 6.45) is 2.16. The molecule has 7 nitrogen and oxygen atoms in total. The number of nitrogens with one attached hydrogen (secondary N) is 2. The molecular weight excluding hydrogens is 372 g/mol. The molecule has 7 heteroatoms. The average Bonchev–Trinajstić information content (AvgIpc) is 3.16. The largest absolute Gasteiger partial charge is 0.491 e. The van der Waals surface area contributed by atoms with E-state index in [4.69, 9.17) is 14.2 Å². The number of carbonyl (C=O) groups is 2. The molecule has 1 aromatic heterocycles. The Balaban J connectivity index is 1.48. The number of ether oxygens (including phenoxy) is 3. The lowest BCUT2D eigenvalue weighted by Gasteiger charge is -2.16. The lowest BCUT2D eigenvalue weighted by Crippen LogP contribution is -2.44. The first-order chi connectivity index (χ1) is 14.2. The van der Waals surface area contributed by atoms with Gasteiger partial charge in [0.1, 0.15) is 25.0 Å². The number of para-hydroxylation sites is 2. The monoisotopic (exact) mass is 396 g/mol. The van der Waals surface area contributed by atoms with Crippen molar-refractivity contribution in [2.75, 3.05) is 26.9 Å². The van der Waals surface area contributed by atoms with Crippen molar-refractivity contribution in [1.29, 1.82) is 0 Å². The fourth-order valence-electron chi connectivity index (χ4n) is 2.99. The van der Waals surface area contributed by atoms with Crippen LogP contribution in [0, 0.1) is 0 Å². The third-order valence-electron chi connectivity index (χ3n) is 4.39. The molecule has 0 bridgehead atoms. The van der Waals surface area contributed by atoms with E-state index in [0.29, 0.717) is 13.0 Å². The molecule has 0 spiro atoms. The zero-order chi connectivity index (χ0) is 20.5. The van der Waals surface area contributed by atoms with Crippen molar-refractivity contribution in [1.82, 2.24) is 10.3 Å². The zero-order valence-corrected chi connectivity index (χ0v) is 16.2. The second-order valence-electron chi connectivity index (χ2n) is 6.42. The van der Waals surface area contributed by atoms with Crippen molar-refractivity contribution in [2.45, 2.75) is 12.5 Å². The molecule has 0 saturated heterocycles. The van der Waals surface area contributed by atoms with E-state index in [1.807, 2.05) is 60.8 Å². The SMILES string of the molecule is COC(=O)[C@@H](Cc1c[nH]c2ccccc12)NC(=O)COCCOc1ccccc1. The Kier molecular flexibility index (Phi) is 7.24. The minimum Gasteiger partial charge on any atom is -0.491 e. The number of hydrogen-bond acceptors (Lipinski definition) is 5. The molecule has 1 amide bonds. The number of fused-ring (bicyclic) bond motifs is 1. The predicted octanol–water partition coefficient (Wildman–Crippen LogP) is 2.46. The molecule has 1 heterocycles. The van der Waals surface area contributed by atoms with Gasteiger partial charge in [-0.05, 0) is 23.8 Å². The number of rotatable bonds is 10. The first-order valence-electron chi connectivity index (χ1n) is 9.35. The van der Waals surface area contributed by atoms with E-state index in [9.17, 15) is 9.59 Å². The van der Waals surface area contributed by atoms with Gasteiger partial charge in [0, 0.05) is 23.5 Å². The molecule has 29 heavy (non-hydrogen) atoms. The summed E-state index contributed by atoms with van der Waals surface area (Å²) in [5.41, 5.74) is 1.90. The van der Waals surface area contributed by atoms with Gasteiger partial charge in [-0.2, -0.15) is 0 Å². The topological polar surface area (TPSA) is 89.7 Å². The van der Waals surface area contributed by atoms with Crippen molar-refractivity contribution in [3.63, 3.8) is 0 Å². The molecule has 3 aromatic rings. The average molecular weight is 396 g/mol. The smallest absolute Gasteiger partial charge is 0.328 e. The standard InChI is InChI=1S/C22H24N2O5/c1-27-22(26)20(13-16-14-23-19-10-6-5-9-18(16)19)24-21(25)15-28-11-12-29-17-7-3-2-4-8-17/h2-10,14,20,23H,11-13,15H2,1H3,(H,24,25)/t20-/m1/s1. The second kappa shape index (κ2) is 10.3. The molecule has 152 valence electrons. The molecule has 0 unspecified atom stereocenters. The number of aromatic nitrogens is 1. The summed E-state index contributed by atoms with van der Waals surface area (Å²) in [4.78, 5) is 27.5. The van der Waals surface area contributed by atoms with E-state index < -0.39 is 12.0 Å². The molecule has 0 fully saturated rings. The number of H-pyrrole nitrogens is 1. The maximum Gasteiger partial charge on any atom is 0.328 e. The summed E-state index contributed by atoms with van der Waals surface area (Å²) in [5.74, 6) is -0.152. The van der Waals surface area contributed by atoms with Gasteiger partial charge >= 0.3 is 5.97 Å². The van der Waals surface area contributed by atoms with Gasteiger partial charge in [-0.25, -0.2) is 4.79 Å². The number of methoxy groups -OCH3 is 1. The second-order valence-corrected chi connectivity index (χ2v) is 6.42. The normalized spacial score (nSPS) is 11.8. The van der Waals surface area contributed by atoms with Crippen LogP contribution in [-0.2, 0) is 25.5 Å². The Bertz CT molecular complexity index is 939. The molecule has 1 atom stereocenters. The third-order valence-corrected chi connectivity index (χ3v) is 4.39. The molecule has 0 aliphatic carbocycles. The summed E-state index contributed by atoms with van der Waals surface area (Å²) >= 11 is 0. The van der Waals surface area contributed by atoms with E-state index in [-0.39, 0.29) is 19.1 Å². The highest BCUT2D eigenvalue weighted by atomic mass is 16.5. The van der Waals surface area contributed by atoms with Crippen molar-refractivity contribution >= 4 is 22.8 Å². The summed E-state index contributed by atoms with van der Waals surface area (Å²) in [6.45, 7) is 0.417. The van der Waals surface area contributed by atoms with Crippen LogP contribution in [0.5, 0.6) is 5.75 Å². The number of carbonyl (C=O) groups excluding carboxylic acids is 2. The molecular formula is C22H24N2O5. The Hall–Kier alpha value is -3.32. The molecule has 0 aliphatic heterocycles. The number of esters is 1. The number of amides is 1. The minimum absolute atomic E-state index is 0.167. The lowest BCUT2D eigenvalue weighted by atomic mass is 10.0. The minimum atomic E-state index is -0.795. The number of hydrogen-bond donors (Lipinski definition) is 2. The summed E-state index contributed by atoms with van der Waals surface area (Å²) in [6, 6.07) is 16.3. The van der Waals surface area contributed by atoms with E-state index in [0.717, 1.165) is 22.2 Å². The Morgan fingerprint density at radius 3 is 2.59 bits per heavy atom. The van der Waals surface area contributed by atoms with Crippen LogP contribution in [0.2, 0.25) is 0 Å². The molecule has 0 radical (unpaired) electrons. The van der Waals surface area contributed by atoms with Gasteiger partial charge in [0.2, 0.25) is 5.91 Å². The van der Waals surface area contributed by atoms with Gasteiger partial charge in [0.15, 0.2) is 0 Å². The van der Waals surface area contributed by atoms with Crippen LogP contribution in [0.1, 0.15) is 5.56 Å². The molecule has 0 aliphatic rings. The van der Waals surface area contributed by atoms with E-state index in [2.05, 4.69) is 10.3 Å². The maximum atomic E-state index is 12.2. The third kappa shape index (κ3) is 5.83. The van der Waals surface area contributed by atoms with Gasteiger partial charge in [-0.3, -0.25) is 4.79 Å². The zero-order valence-electron chi connectivity index (χ0n) is 16.2. The fourth-order valence-corrected chi connectivity index (χ4v) is 2.99. The van der Waals surface area contributed by atoms with Crippen LogP contribution in [0.4, 0.5) is 0 Å². The molecule has 3 rings (SSSR count). The van der Waals surface area contributed by atoms with Crippen LogP contribution in [-0.4, -0.2) is 49.8 Å². The van der Waals surface area contributed by atoms with E-state index in [1.165, 1.54) is 7.11 Å². The van der Waals surface area contributed by atoms with Crippen molar-refractivity contribution < 1.29 is 23.8 Å².